The number of rotatable bonds is 2. The van der Waals surface area contributed by atoms with Crippen LogP contribution in [0.15, 0.2) is 42.7 Å². The van der Waals surface area contributed by atoms with E-state index < -0.39 is 29.8 Å². The molecule has 1 N–H and O–H groups in total. The molecule has 2 aliphatic rings. The number of carbonyl (C=O) groups excluding carboxylic acids is 1. The largest absolute Gasteiger partial charge is 0.484 e. The zero-order valence-corrected chi connectivity index (χ0v) is 17.4. The molecule has 2 aromatic heterocycles. The molecule has 1 aromatic carbocycles. The molecule has 5 rings (SSSR count). The van der Waals surface area contributed by atoms with Crippen molar-refractivity contribution in [3.8, 4) is 5.75 Å². The summed E-state index contributed by atoms with van der Waals surface area (Å²) in [4.78, 5) is 21.6. The number of carbonyl (C=O) groups is 1. The smallest absolute Gasteiger partial charge is 0.433 e. The summed E-state index contributed by atoms with van der Waals surface area (Å²) in [6.07, 6.45) is -1.63. The van der Waals surface area contributed by atoms with Crippen LogP contribution in [0, 0.1) is 12.7 Å². The van der Waals surface area contributed by atoms with E-state index in [2.05, 4.69) is 15.3 Å². The number of amides is 2. The molecular formula is C23H18F4N4O2. The first-order valence-corrected chi connectivity index (χ1v) is 10.3. The maximum absolute atomic E-state index is 14.2. The second kappa shape index (κ2) is 7.72. The van der Waals surface area contributed by atoms with Gasteiger partial charge in [-0.15, -0.1) is 0 Å². The quantitative estimate of drug-likeness (QED) is 0.511. The van der Waals surface area contributed by atoms with Crippen molar-refractivity contribution in [2.75, 3.05) is 10.2 Å². The molecule has 0 fully saturated rings. The van der Waals surface area contributed by atoms with Crippen molar-refractivity contribution in [1.29, 1.82) is 0 Å². The Hall–Kier alpha value is -3.69. The summed E-state index contributed by atoms with van der Waals surface area (Å²) in [7, 11) is 0. The van der Waals surface area contributed by atoms with E-state index in [0.717, 1.165) is 11.8 Å². The second-order valence-electron chi connectivity index (χ2n) is 7.96. The van der Waals surface area contributed by atoms with Gasteiger partial charge in [-0.1, -0.05) is 6.07 Å². The summed E-state index contributed by atoms with van der Waals surface area (Å²) in [6.45, 7) is 1.47. The van der Waals surface area contributed by atoms with E-state index in [-0.39, 0.29) is 23.5 Å². The van der Waals surface area contributed by atoms with Gasteiger partial charge in [-0.3, -0.25) is 14.9 Å². The highest BCUT2D eigenvalue weighted by atomic mass is 19.4. The molecule has 0 saturated heterocycles. The first-order chi connectivity index (χ1) is 15.7. The number of ether oxygens (including phenoxy) is 1. The number of aryl methyl sites for hydroxylation is 2. The maximum Gasteiger partial charge on any atom is 0.433 e. The first kappa shape index (κ1) is 21.2. The Labute approximate surface area is 186 Å². The minimum absolute atomic E-state index is 0.0797. The van der Waals surface area contributed by atoms with Crippen LogP contribution in [0.3, 0.4) is 0 Å². The van der Waals surface area contributed by atoms with Crippen LogP contribution >= 0.6 is 0 Å². The third-order valence-electron chi connectivity index (χ3n) is 5.83. The van der Waals surface area contributed by atoms with Crippen molar-refractivity contribution in [2.24, 2.45) is 0 Å². The number of alkyl halides is 3. The van der Waals surface area contributed by atoms with E-state index >= 15 is 0 Å². The summed E-state index contributed by atoms with van der Waals surface area (Å²) in [5, 5.41) is 2.52. The van der Waals surface area contributed by atoms with Gasteiger partial charge in [-0.25, -0.2) is 9.18 Å². The number of anilines is 2. The minimum Gasteiger partial charge on any atom is -0.484 e. The standard InChI is InChI=1S/C23H18F4N4O2/c1-12-9-13-4-5-18(20-15(24)3-2-7-28-20)33-19(13)10-17(12)31-11-14-16(30-22(31)32)6-8-29-21(14)23(25,26)27/h2-3,6-10,18H,4-5,11H2,1H3,(H,30,32)/t18-/m1/s1. The van der Waals surface area contributed by atoms with Crippen molar-refractivity contribution in [3.63, 3.8) is 0 Å². The average molecular weight is 458 g/mol. The molecule has 0 unspecified atom stereocenters. The first-order valence-electron chi connectivity index (χ1n) is 10.3. The number of fused-ring (bicyclic) bond motifs is 2. The Morgan fingerprint density at radius 3 is 2.76 bits per heavy atom. The zero-order chi connectivity index (χ0) is 23.3. The lowest BCUT2D eigenvalue weighted by molar-refractivity contribution is -0.141. The molecule has 0 saturated carbocycles. The predicted octanol–water partition coefficient (Wildman–Crippen LogP) is 5.56. The van der Waals surface area contributed by atoms with Crippen LogP contribution < -0.4 is 15.0 Å². The highest BCUT2D eigenvalue weighted by Crippen LogP contribution is 2.41. The van der Waals surface area contributed by atoms with Crippen LogP contribution in [-0.4, -0.2) is 16.0 Å². The number of aromatic nitrogens is 2. The van der Waals surface area contributed by atoms with E-state index in [1.165, 1.54) is 29.3 Å². The van der Waals surface area contributed by atoms with Crippen LogP contribution in [0.5, 0.6) is 5.75 Å². The van der Waals surface area contributed by atoms with Crippen LogP contribution in [0.4, 0.5) is 33.7 Å². The second-order valence-corrected chi connectivity index (χ2v) is 7.96. The van der Waals surface area contributed by atoms with E-state index in [9.17, 15) is 22.4 Å². The third kappa shape index (κ3) is 3.75. The summed E-state index contributed by atoms with van der Waals surface area (Å²) in [5.74, 6) is -0.0322. The van der Waals surface area contributed by atoms with Gasteiger partial charge in [-0.05, 0) is 49.1 Å². The lowest BCUT2D eigenvalue weighted by atomic mass is 9.97. The van der Waals surface area contributed by atoms with Crippen LogP contribution in [0.1, 0.15) is 40.6 Å². The van der Waals surface area contributed by atoms with E-state index in [1.54, 1.807) is 13.0 Å². The molecule has 0 aliphatic carbocycles. The molecule has 2 aliphatic heterocycles. The van der Waals surface area contributed by atoms with Gasteiger partial charge in [0.2, 0.25) is 0 Å². The number of nitrogens with one attached hydrogen (secondary N) is 1. The topological polar surface area (TPSA) is 67.4 Å². The molecule has 0 spiro atoms. The zero-order valence-electron chi connectivity index (χ0n) is 17.4. The fourth-order valence-corrected chi connectivity index (χ4v) is 4.28. The summed E-state index contributed by atoms with van der Waals surface area (Å²) in [6, 6.07) is 7.04. The van der Waals surface area contributed by atoms with Gasteiger partial charge in [0.15, 0.2) is 5.69 Å². The molecule has 0 bridgehead atoms. The van der Waals surface area contributed by atoms with Crippen molar-refractivity contribution < 1.29 is 27.1 Å². The van der Waals surface area contributed by atoms with Crippen molar-refractivity contribution in [3.05, 3.63) is 76.6 Å². The molecular weight excluding hydrogens is 440 g/mol. The van der Waals surface area contributed by atoms with Gasteiger partial charge in [0.1, 0.15) is 23.4 Å². The Morgan fingerprint density at radius 1 is 1.18 bits per heavy atom. The minimum atomic E-state index is -4.66. The fraction of sp³-hybridized carbons (Fsp3) is 0.261. The summed E-state index contributed by atoms with van der Waals surface area (Å²) < 4.78 is 60.7. The summed E-state index contributed by atoms with van der Waals surface area (Å²) in [5.41, 5.74) is 1.09. The molecule has 1 atom stereocenters. The maximum atomic E-state index is 14.2. The van der Waals surface area contributed by atoms with E-state index in [1.807, 2.05) is 6.07 Å². The molecule has 170 valence electrons. The lowest BCUT2D eigenvalue weighted by Gasteiger charge is -2.33. The average Bonchev–Trinajstić information content (AvgIpc) is 2.77. The van der Waals surface area contributed by atoms with E-state index in [0.29, 0.717) is 29.8 Å². The molecule has 3 aromatic rings. The molecule has 6 nitrogen and oxygen atoms in total. The van der Waals surface area contributed by atoms with Gasteiger partial charge >= 0.3 is 12.2 Å². The van der Waals surface area contributed by atoms with Crippen molar-refractivity contribution in [2.45, 2.75) is 38.6 Å². The van der Waals surface area contributed by atoms with Gasteiger partial charge < -0.3 is 10.1 Å². The van der Waals surface area contributed by atoms with Gasteiger partial charge in [0.25, 0.3) is 0 Å². The van der Waals surface area contributed by atoms with Crippen LogP contribution in [0.25, 0.3) is 0 Å². The fourth-order valence-electron chi connectivity index (χ4n) is 4.28. The number of hydrogen-bond donors (Lipinski definition) is 1. The third-order valence-corrected chi connectivity index (χ3v) is 5.83. The molecule has 2 amide bonds. The Balaban J connectivity index is 1.51. The normalized spacial score (nSPS) is 17.7. The predicted molar refractivity (Wildman–Crippen MR) is 112 cm³/mol. The Bertz CT molecular complexity index is 1260. The van der Waals surface area contributed by atoms with Crippen molar-refractivity contribution >= 4 is 17.4 Å². The lowest BCUT2D eigenvalue weighted by Crippen LogP contribution is -2.40. The SMILES string of the molecule is Cc1cc2c(cc1N1Cc3c(ccnc3C(F)(F)F)NC1=O)O[C@@H](c1ncccc1F)CC2. The molecule has 10 heteroatoms. The summed E-state index contributed by atoms with van der Waals surface area (Å²) >= 11 is 0. The highest BCUT2D eigenvalue weighted by molar-refractivity contribution is 6.05. The number of halogens is 4. The van der Waals surface area contributed by atoms with Crippen LogP contribution in [0.2, 0.25) is 0 Å². The number of benzene rings is 1. The van der Waals surface area contributed by atoms with E-state index in [4.69, 9.17) is 4.74 Å². The van der Waals surface area contributed by atoms with Gasteiger partial charge in [0.05, 0.1) is 17.9 Å². The molecule has 4 heterocycles. The number of nitrogens with zero attached hydrogens (tertiary/aromatic N) is 3. The molecule has 33 heavy (non-hydrogen) atoms. The number of urea groups is 1. The van der Waals surface area contributed by atoms with Crippen LogP contribution in [-0.2, 0) is 19.1 Å². The van der Waals surface area contributed by atoms with Gasteiger partial charge in [-0.2, -0.15) is 13.2 Å². The Kier molecular flexibility index (Phi) is 4.95. The monoisotopic (exact) mass is 458 g/mol. The molecule has 0 radical (unpaired) electrons. The van der Waals surface area contributed by atoms with Crippen molar-refractivity contribution in [1.82, 2.24) is 9.97 Å². The highest BCUT2D eigenvalue weighted by Gasteiger charge is 2.39. The van der Waals surface area contributed by atoms with Gasteiger partial charge in [0, 0.05) is 24.0 Å². The number of hydrogen-bond acceptors (Lipinski definition) is 4. The number of pyridine rings is 2. The Morgan fingerprint density at radius 2 is 2.00 bits per heavy atom.